The van der Waals surface area contributed by atoms with Crippen LogP contribution < -0.4 is 0 Å². The predicted molar refractivity (Wildman–Crippen MR) is 94.1 cm³/mol. The zero-order valence-electron chi connectivity index (χ0n) is 13.4. The molecule has 13 heteroatoms. The van der Waals surface area contributed by atoms with Gasteiger partial charge in [0.15, 0.2) is 0 Å². The predicted octanol–water partition coefficient (Wildman–Crippen LogP) is 3.43. The molecule has 3 aromatic rings. The third kappa shape index (κ3) is 4.40. The molecule has 140 valence electrons. The average molecular weight is 394 g/mol. The molecule has 0 radical (unpaired) electrons. The van der Waals surface area contributed by atoms with Gasteiger partial charge in [-0.1, -0.05) is 0 Å². The SMILES string of the molecule is Cc1nc2cc(O)ccc2s1.O=[N+]([O-])c1cc([N+](=O)[O-])c(O)c([N+](=O)[O-])c1. The van der Waals surface area contributed by atoms with Crippen LogP contribution in [0.25, 0.3) is 10.2 Å². The van der Waals surface area contributed by atoms with Crippen molar-refractivity contribution < 1.29 is 25.0 Å². The number of aromatic nitrogens is 1. The van der Waals surface area contributed by atoms with Crippen LogP contribution >= 0.6 is 11.3 Å². The summed E-state index contributed by atoms with van der Waals surface area (Å²) >= 11 is 1.64. The maximum atomic E-state index is 10.4. The quantitative estimate of drug-likeness (QED) is 0.496. The molecule has 0 fully saturated rings. The van der Waals surface area contributed by atoms with E-state index in [-0.39, 0.29) is 5.75 Å². The van der Waals surface area contributed by atoms with E-state index >= 15 is 0 Å². The fraction of sp³-hybridized carbons (Fsp3) is 0.0714. The van der Waals surface area contributed by atoms with Crippen molar-refractivity contribution >= 4 is 38.6 Å². The number of hydrogen-bond acceptors (Lipinski definition) is 10. The second kappa shape index (κ2) is 7.57. The van der Waals surface area contributed by atoms with Crippen molar-refractivity contribution in [1.29, 1.82) is 0 Å². The molecule has 1 heterocycles. The lowest BCUT2D eigenvalue weighted by Gasteiger charge is -1.97. The Kier molecular flexibility index (Phi) is 5.45. The number of phenols is 2. The van der Waals surface area contributed by atoms with E-state index in [0.717, 1.165) is 15.2 Å². The highest BCUT2D eigenvalue weighted by molar-refractivity contribution is 7.18. The van der Waals surface area contributed by atoms with Crippen LogP contribution in [0.15, 0.2) is 30.3 Å². The van der Waals surface area contributed by atoms with E-state index < -0.39 is 37.6 Å². The fourth-order valence-electron chi connectivity index (χ4n) is 2.00. The molecule has 0 aliphatic carbocycles. The monoisotopic (exact) mass is 394 g/mol. The smallest absolute Gasteiger partial charge is 0.324 e. The van der Waals surface area contributed by atoms with E-state index in [9.17, 15) is 30.3 Å². The van der Waals surface area contributed by atoms with Crippen LogP contribution in [-0.2, 0) is 0 Å². The second-order valence-corrected chi connectivity index (χ2v) is 6.22. The van der Waals surface area contributed by atoms with Gasteiger partial charge in [0.05, 0.1) is 42.1 Å². The van der Waals surface area contributed by atoms with E-state index in [1.54, 1.807) is 23.5 Å². The number of nitro groups is 3. The number of non-ortho nitro benzene ring substituents is 1. The topological polar surface area (TPSA) is 183 Å². The van der Waals surface area contributed by atoms with Crippen LogP contribution in [0.2, 0.25) is 0 Å². The first-order valence-electron chi connectivity index (χ1n) is 6.96. The molecular formula is C14H10N4O8S. The summed E-state index contributed by atoms with van der Waals surface area (Å²) in [4.78, 5) is 32.0. The zero-order chi connectivity index (χ0) is 20.3. The molecule has 1 aromatic heterocycles. The van der Waals surface area contributed by atoms with Crippen LogP contribution in [0.5, 0.6) is 11.5 Å². The number of thiazole rings is 1. The van der Waals surface area contributed by atoms with Crippen molar-refractivity contribution in [2.45, 2.75) is 6.92 Å². The van der Waals surface area contributed by atoms with E-state index in [1.807, 2.05) is 13.0 Å². The maximum absolute atomic E-state index is 10.4. The molecule has 0 unspecified atom stereocenters. The summed E-state index contributed by atoms with van der Waals surface area (Å²) in [5.74, 6) is -0.927. The van der Waals surface area contributed by atoms with Gasteiger partial charge in [-0.05, 0) is 19.1 Å². The standard InChI is InChI=1S/C8H7NOS.C6H3N3O7/c1-5-9-7-4-6(10)2-3-8(7)11-5;10-6-4(8(13)14)1-3(7(11)12)2-5(6)9(15)16/h2-4,10H,1H3;1-2,10H. The highest BCUT2D eigenvalue weighted by Gasteiger charge is 2.30. The van der Waals surface area contributed by atoms with Gasteiger partial charge < -0.3 is 10.2 Å². The lowest BCUT2D eigenvalue weighted by atomic mass is 10.2. The Morgan fingerprint density at radius 1 is 0.926 bits per heavy atom. The van der Waals surface area contributed by atoms with Crippen molar-refractivity contribution in [1.82, 2.24) is 4.98 Å². The molecule has 2 N–H and O–H groups in total. The number of rotatable bonds is 3. The number of nitrogens with zero attached hydrogens (tertiary/aromatic N) is 4. The first-order valence-corrected chi connectivity index (χ1v) is 7.78. The van der Waals surface area contributed by atoms with Crippen LogP contribution in [0.3, 0.4) is 0 Å². The summed E-state index contributed by atoms with van der Waals surface area (Å²) in [6.07, 6.45) is 0. The van der Waals surface area contributed by atoms with E-state index in [2.05, 4.69) is 4.98 Å². The number of phenolic OH excluding ortho intramolecular Hbond substituents is 2. The van der Waals surface area contributed by atoms with Crippen molar-refractivity contribution in [3.8, 4) is 11.5 Å². The molecule has 0 amide bonds. The highest BCUT2D eigenvalue weighted by atomic mass is 32.1. The first-order chi connectivity index (χ1) is 12.6. The van der Waals surface area contributed by atoms with Crippen LogP contribution in [0, 0.1) is 37.3 Å². The molecule has 3 rings (SSSR count). The molecule has 0 aliphatic heterocycles. The summed E-state index contributed by atoms with van der Waals surface area (Å²) in [5.41, 5.74) is -2.12. The van der Waals surface area contributed by atoms with Gasteiger partial charge >= 0.3 is 11.4 Å². The summed E-state index contributed by atoms with van der Waals surface area (Å²) in [7, 11) is 0. The fourth-order valence-corrected chi connectivity index (χ4v) is 2.81. The lowest BCUT2D eigenvalue weighted by Crippen LogP contribution is -1.97. The summed E-state index contributed by atoms with van der Waals surface area (Å²) < 4.78 is 1.13. The molecular weight excluding hydrogens is 384 g/mol. The Morgan fingerprint density at radius 2 is 1.48 bits per heavy atom. The molecule has 0 atom stereocenters. The third-order valence-electron chi connectivity index (χ3n) is 3.14. The molecule has 0 saturated heterocycles. The average Bonchev–Trinajstić information content (AvgIpc) is 2.94. The Balaban J connectivity index is 0.000000206. The molecule has 2 aromatic carbocycles. The van der Waals surface area contributed by atoms with Gasteiger partial charge in [-0.3, -0.25) is 30.3 Å². The van der Waals surface area contributed by atoms with Gasteiger partial charge in [0.1, 0.15) is 5.75 Å². The summed E-state index contributed by atoms with van der Waals surface area (Å²) in [6, 6.07) is 6.14. The van der Waals surface area contributed by atoms with Gasteiger partial charge in [-0.15, -0.1) is 11.3 Å². The number of fused-ring (bicyclic) bond motifs is 1. The Hall–Kier alpha value is -3.87. The van der Waals surface area contributed by atoms with E-state index in [4.69, 9.17) is 10.2 Å². The third-order valence-corrected chi connectivity index (χ3v) is 4.09. The van der Waals surface area contributed by atoms with E-state index in [0.29, 0.717) is 12.1 Å². The number of benzene rings is 2. The van der Waals surface area contributed by atoms with Gasteiger partial charge in [0.25, 0.3) is 11.4 Å². The summed E-state index contributed by atoms with van der Waals surface area (Å²) in [6.45, 7) is 1.96. The van der Waals surface area contributed by atoms with Crippen molar-refractivity contribution in [2.24, 2.45) is 0 Å². The molecule has 0 bridgehead atoms. The summed E-state index contributed by atoms with van der Waals surface area (Å²) in [5, 5.41) is 50.4. The van der Waals surface area contributed by atoms with Crippen molar-refractivity contribution in [3.05, 3.63) is 65.7 Å². The Labute approximate surface area is 153 Å². The number of aromatic hydroxyl groups is 2. The largest absolute Gasteiger partial charge is 0.508 e. The Bertz CT molecular complexity index is 1030. The normalized spacial score (nSPS) is 10.1. The molecule has 12 nitrogen and oxygen atoms in total. The minimum atomic E-state index is -1.21. The highest BCUT2D eigenvalue weighted by Crippen LogP contribution is 2.38. The second-order valence-electron chi connectivity index (χ2n) is 4.99. The van der Waals surface area contributed by atoms with Crippen LogP contribution in [0.4, 0.5) is 17.1 Å². The molecule has 0 aliphatic rings. The lowest BCUT2D eigenvalue weighted by molar-refractivity contribution is -0.404. The molecule has 0 saturated carbocycles. The zero-order valence-corrected chi connectivity index (χ0v) is 14.2. The van der Waals surface area contributed by atoms with Gasteiger partial charge in [-0.25, -0.2) is 4.98 Å². The number of nitro benzene ring substituents is 3. The van der Waals surface area contributed by atoms with Crippen LogP contribution in [-0.4, -0.2) is 30.0 Å². The Morgan fingerprint density at radius 3 is 1.96 bits per heavy atom. The molecule has 0 spiro atoms. The first kappa shape index (κ1) is 19.5. The van der Waals surface area contributed by atoms with Gasteiger partial charge in [0.2, 0.25) is 0 Å². The van der Waals surface area contributed by atoms with Crippen molar-refractivity contribution in [2.75, 3.05) is 0 Å². The van der Waals surface area contributed by atoms with Crippen molar-refractivity contribution in [3.63, 3.8) is 0 Å². The van der Waals surface area contributed by atoms with Gasteiger partial charge in [-0.2, -0.15) is 0 Å². The van der Waals surface area contributed by atoms with E-state index in [1.165, 1.54) is 0 Å². The minimum absolute atomic E-state index is 0.280. The number of hydrogen-bond donors (Lipinski definition) is 2. The minimum Gasteiger partial charge on any atom is -0.508 e. The molecule has 27 heavy (non-hydrogen) atoms. The van der Waals surface area contributed by atoms with Crippen LogP contribution in [0.1, 0.15) is 5.01 Å². The number of aryl methyl sites for hydroxylation is 1. The van der Waals surface area contributed by atoms with Gasteiger partial charge in [0, 0.05) is 6.07 Å². The maximum Gasteiger partial charge on any atom is 0.324 e.